The number of benzene rings is 3. The maximum absolute atomic E-state index is 12.5. The van der Waals surface area contributed by atoms with E-state index in [4.69, 9.17) is 0 Å². The number of carbonyl (C=O) groups is 2. The number of hydrogen-bond donors (Lipinski definition) is 0. The van der Waals surface area contributed by atoms with Crippen molar-refractivity contribution in [3.63, 3.8) is 0 Å². The molecule has 0 radical (unpaired) electrons. The minimum Gasteiger partial charge on any atom is -0.294 e. The van der Waals surface area contributed by atoms with Crippen LogP contribution in [0.15, 0.2) is 103 Å². The van der Waals surface area contributed by atoms with Gasteiger partial charge >= 0.3 is 0 Å². The van der Waals surface area contributed by atoms with Crippen LogP contribution in [0.2, 0.25) is 0 Å². The summed E-state index contributed by atoms with van der Waals surface area (Å²) in [5.74, 6) is -0.378. The van der Waals surface area contributed by atoms with Crippen LogP contribution in [-0.2, 0) is 4.79 Å². The molecule has 2 heteroatoms. The van der Waals surface area contributed by atoms with Crippen LogP contribution in [0.25, 0.3) is 11.6 Å². The third-order valence-corrected chi connectivity index (χ3v) is 4.11. The lowest BCUT2D eigenvalue weighted by Crippen LogP contribution is -2.06. The standard InChI is InChI=1S/C25H20O2/c26-24(19-25(27)22-14-8-3-9-15-22)18-23(21-12-6-2-7-13-21)17-16-20-10-4-1-5-11-20/h1-18H,19H2/b17-16-,23-18-. The van der Waals surface area contributed by atoms with Crippen LogP contribution in [0.3, 0.4) is 0 Å². The third kappa shape index (κ3) is 5.48. The van der Waals surface area contributed by atoms with E-state index in [9.17, 15) is 9.59 Å². The highest BCUT2D eigenvalue weighted by Gasteiger charge is 2.11. The highest BCUT2D eigenvalue weighted by atomic mass is 16.1. The fourth-order valence-corrected chi connectivity index (χ4v) is 2.72. The van der Waals surface area contributed by atoms with E-state index in [0.717, 1.165) is 16.7 Å². The maximum Gasteiger partial charge on any atom is 0.170 e. The Bertz CT molecular complexity index is 953. The van der Waals surface area contributed by atoms with E-state index in [1.807, 2.05) is 78.9 Å². The molecule has 0 saturated carbocycles. The van der Waals surface area contributed by atoms with Crippen LogP contribution < -0.4 is 0 Å². The molecule has 3 aromatic rings. The molecular weight excluding hydrogens is 332 g/mol. The van der Waals surface area contributed by atoms with Gasteiger partial charge in [-0.15, -0.1) is 0 Å². The Morgan fingerprint density at radius 3 is 1.78 bits per heavy atom. The molecule has 0 bridgehead atoms. The van der Waals surface area contributed by atoms with Gasteiger partial charge in [0.05, 0.1) is 6.42 Å². The van der Waals surface area contributed by atoms with Crippen LogP contribution in [0.5, 0.6) is 0 Å². The molecule has 3 rings (SSSR count). The van der Waals surface area contributed by atoms with Crippen LogP contribution in [0.4, 0.5) is 0 Å². The smallest absolute Gasteiger partial charge is 0.170 e. The highest BCUT2D eigenvalue weighted by molar-refractivity contribution is 6.13. The SMILES string of the molecule is O=C(/C=C(/C=C\c1ccccc1)c1ccccc1)CC(=O)c1ccccc1. The third-order valence-electron chi connectivity index (χ3n) is 4.11. The lowest BCUT2D eigenvalue weighted by Gasteiger charge is -2.04. The van der Waals surface area contributed by atoms with Crippen molar-refractivity contribution in [3.05, 3.63) is 120 Å². The summed E-state index contributed by atoms with van der Waals surface area (Å²) in [4.78, 5) is 24.8. The number of allylic oxidation sites excluding steroid dienone is 3. The molecule has 0 saturated heterocycles. The second-order valence-corrected chi connectivity index (χ2v) is 6.14. The lowest BCUT2D eigenvalue weighted by atomic mass is 10.00. The monoisotopic (exact) mass is 352 g/mol. The van der Waals surface area contributed by atoms with Crippen molar-refractivity contribution in [2.24, 2.45) is 0 Å². The Morgan fingerprint density at radius 2 is 1.19 bits per heavy atom. The van der Waals surface area contributed by atoms with Gasteiger partial charge in [0, 0.05) is 5.56 Å². The number of hydrogen-bond acceptors (Lipinski definition) is 2. The van der Waals surface area contributed by atoms with Gasteiger partial charge in [-0.25, -0.2) is 0 Å². The van der Waals surface area contributed by atoms with E-state index >= 15 is 0 Å². The Labute approximate surface area is 159 Å². The Balaban J connectivity index is 1.82. The zero-order valence-electron chi connectivity index (χ0n) is 14.9. The first kappa shape index (κ1) is 18.3. The summed E-state index contributed by atoms with van der Waals surface area (Å²) in [6.45, 7) is 0. The second kappa shape index (κ2) is 9.25. The number of Topliss-reactive ketones (excluding diaryl/α,β-unsaturated/α-hetero) is 1. The molecule has 0 aliphatic carbocycles. The van der Waals surface area contributed by atoms with Gasteiger partial charge in [-0.05, 0) is 22.8 Å². The van der Waals surface area contributed by atoms with Gasteiger partial charge in [0.25, 0.3) is 0 Å². The molecule has 0 unspecified atom stereocenters. The summed E-state index contributed by atoms with van der Waals surface area (Å²) in [5.41, 5.74) is 3.32. The number of ketones is 2. The second-order valence-electron chi connectivity index (χ2n) is 6.14. The largest absolute Gasteiger partial charge is 0.294 e. The summed E-state index contributed by atoms with van der Waals surface area (Å²) in [5, 5.41) is 0. The number of rotatable bonds is 7. The fourth-order valence-electron chi connectivity index (χ4n) is 2.72. The molecule has 0 spiro atoms. The van der Waals surface area contributed by atoms with Gasteiger partial charge in [-0.2, -0.15) is 0 Å². The average Bonchev–Trinajstić information content (AvgIpc) is 2.73. The van der Waals surface area contributed by atoms with Crippen molar-refractivity contribution in [3.8, 4) is 0 Å². The van der Waals surface area contributed by atoms with Crippen LogP contribution in [0.1, 0.15) is 27.9 Å². The molecule has 2 nitrogen and oxygen atoms in total. The summed E-state index contributed by atoms with van der Waals surface area (Å²) < 4.78 is 0. The molecule has 0 aromatic heterocycles. The average molecular weight is 352 g/mol. The zero-order chi connectivity index (χ0) is 18.9. The summed E-state index contributed by atoms with van der Waals surface area (Å²) in [7, 11) is 0. The first-order valence-electron chi connectivity index (χ1n) is 8.84. The molecular formula is C25H20O2. The minimum absolute atomic E-state index is 0.139. The van der Waals surface area contributed by atoms with Crippen molar-refractivity contribution in [1.82, 2.24) is 0 Å². The van der Waals surface area contributed by atoms with E-state index in [2.05, 4.69) is 0 Å². The topological polar surface area (TPSA) is 34.1 Å². The Morgan fingerprint density at radius 1 is 0.667 bits per heavy atom. The normalized spacial score (nSPS) is 11.5. The Kier molecular flexibility index (Phi) is 6.26. The van der Waals surface area contributed by atoms with Crippen molar-refractivity contribution in [2.75, 3.05) is 0 Å². The lowest BCUT2D eigenvalue weighted by molar-refractivity contribution is -0.113. The van der Waals surface area contributed by atoms with E-state index in [-0.39, 0.29) is 18.0 Å². The van der Waals surface area contributed by atoms with Crippen molar-refractivity contribution in [2.45, 2.75) is 6.42 Å². The molecule has 0 aliphatic heterocycles. The zero-order valence-corrected chi connectivity index (χ0v) is 14.9. The molecule has 0 atom stereocenters. The summed E-state index contributed by atoms with van der Waals surface area (Å²) >= 11 is 0. The summed E-state index contributed by atoms with van der Waals surface area (Å²) in [6, 6.07) is 28.5. The Hall–Kier alpha value is -3.52. The molecule has 3 aromatic carbocycles. The molecule has 0 aliphatic rings. The van der Waals surface area contributed by atoms with Crippen molar-refractivity contribution >= 4 is 23.2 Å². The first-order chi connectivity index (χ1) is 13.2. The quantitative estimate of drug-likeness (QED) is 0.239. The molecule has 0 heterocycles. The van der Waals surface area contributed by atoms with Gasteiger partial charge in [0.2, 0.25) is 0 Å². The minimum atomic E-state index is -0.208. The fraction of sp³-hybridized carbons (Fsp3) is 0.0400. The predicted octanol–water partition coefficient (Wildman–Crippen LogP) is 5.63. The van der Waals surface area contributed by atoms with Gasteiger partial charge < -0.3 is 0 Å². The predicted molar refractivity (Wildman–Crippen MR) is 110 cm³/mol. The van der Waals surface area contributed by atoms with Crippen LogP contribution in [0, 0.1) is 0 Å². The van der Waals surface area contributed by atoms with Gasteiger partial charge in [-0.3, -0.25) is 9.59 Å². The van der Waals surface area contributed by atoms with E-state index in [0.29, 0.717) is 5.56 Å². The van der Waals surface area contributed by atoms with Crippen LogP contribution in [-0.4, -0.2) is 11.6 Å². The van der Waals surface area contributed by atoms with Gasteiger partial charge in [0.1, 0.15) is 0 Å². The maximum atomic E-state index is 12.5. The highest BCUT2D eigenvalue weighted by Crippen LogP contribution is 2.18. The van der Waals surface area contributed by atoms with Gasteiger partial charge in [0.15, 0.2) is 11.6 Å². The van der Waals surface area contributed by atoms with Gasteiger partial charge in [-0.1, -0.05) is 103 Å². The van der Waals surface area contributed by atoms with E-state index in [1.165, 1.54) is 0 Å². The molecule has 0 fully saturated rings. The number of carbonyl (C=O) groups excluding carboxylic acids is 2. The first-order valence-corrected chi connectivity index (χ1v) is 8.84. The van der Waals surface area contributed by atoms with E-state index < -0.39 is 0 Å². The molecule has 0 amide bonds. The van der Waals surface area contributed by atoms with E-state index in [1.54, 1.807) is 30.3 Å². The van der Waals surface area contributed by atoms with Crippen molar-refractivity contribution in [1.29, 1.82) is 0 Å². The summed E-state index contributed by atoms with van der Waals surface area (Å²) in [6.07, 6.45) is 5.29. The molecule has 132 valence electrons. The van der Waals surface area contributed by atoms with Crippen LogP contribution >= 0.6 is 0 Å². The molecule has 27 heavy (non-hydrogen) atoms. The molecule has 0 N–H and O–H groups in total. The van der Waals surface area contributed by atoms with Crippen molar-refractivity contribution < 1.29 is 9.59 Å².